The maximum Gasteiger partial charge on any atom is 0.341 e. The molecular formula is C18H15BrFNO3. The molecule has 3 rings (SSSR count). The molecule has 0 N–H and O–H groups in total. The fourth-order valence-electron chi connectivity index (χ4n) is 2.72. The molecule has 24 heavy (non-hydrogen) atoms. The van der Waals surface area contributed by atoms with E-state index in [1.54, 1.807) is 11.0 Å². The second-order valence-corrected chi connectivity index (χ2v) is 6.46. The zero-order valence-electron chi connectivity index (χ0n) is 13.0. The number of para-hydroxylation sites is 1. The monoisotopic (exact) mass is 391 g/mol. The molecule has 0 spiro atoms. The molecule has 2 aromatic carbocycles. The number of fused-ring (bicyclic) bond motifs is 1. The SMILES string of the molecule is C[C@H](OC(=O)c1ccc(Br)cc1F)C(=O)N1CCc2ccccc21. The Morgan fingerprint density at radius 3 is 2.75 bits per heavy atom. The predicted molar refractivity (Wildman–Crippen MR) is 91.5 cm³/mol. The number of carbonyl (C=O) groups excluding carboxylic acids is 2. The summed E-state index contributed by atoms with van der Waals surface area (Å²) in [7, 11) is 0. The van der Waals surface area contributed by atoms with Gasteiger partial charge in [0, 0.05) is 16.7 Å². The molecule has 0 radical (unpaired) electrons. The minimum atomic E-state index is -0.994. The summed E-state index contributed by atoms with van der Waals surface area (Å²) in [5.74, 6) is -1.86. The van der Waals surface area contributed by atoms with E-state index in [0.717, 1.165) is 17.7 Å². The molecule has 1 heterocycles. The van der Waals surface area contributed by atoms with Crippen molar-refractivity contribution >= 4 is 33.5 Å². The summed E-state index contributed by atoms with van der Waals surface area (Å²) in [5.41, 5.74) is 1.73. The van der Waals surface area contributed by atoms with Gasteiger partial charge in [0.1, 0.15) is 5.82 Å². The van der Waals surface area contributed by atoms with Gasteiger partial charge in [-0.15, -0.1) is 0 Å². The highest BCUT2D eigenvalue weighted by atomic mass is 79.9. The molecule has 1 aliphatic heterocycles. The first kappa shape index (κ1) is 16.6. The van der Waals surface area contributed by atoms with Gasteiger partial charge in [0.05, 0.1) is 5.56 Å². The third-order valence-corrected chi connectivity index (χ3v) is 4.43. The summed E-state index contributed by atoms with van der Waals surface area (Å²) < 4.78 is 19.5. The van der Waals surface area contributed by atoms with Crippen molar-refractivity contribution in [1.29, 1.82) is 0 Å². The summed E-state index contributed by atoms with van der Waals surface area (Å²) >= 11 is 3.13. The number of carbonyl (C=O) groups is 2. The molecule has 124 valence electrons. The van der Waals surface area contributed by atoms with Crippen molar-refractivity contribution in [3.63, 3.8) is 0 Å². The van der Waals surface area contributed by atoms with Gasteiger partial charge in [0.25, 0.3) is 5.91 Å². The minimum absolute atomic E-state index is 0.195. The zero-order valence-corrected chi connectivity index (χ0v) is 14.5. The smallest absolute Gasteiger partial charge is 0.341 e. The van der Waals surface area contributed by atoms with E-state index in [0.29, 0.717) is 11.0 Å². The average Bonchev–Trinajstić information content (AvgIpc) is 2.97. The quantitative estimate of drug-likeness (QED) is 0.749. The second kappa shape index (κ2) is 6.73. The van der Waals surface area contributed by atoms with E-state index in [1.807, 2.05) is 24.3 Å². The molecule has 0 bridgehead atoms. The van der Waals surface area contributed by atoms with E-state index in [1.165, 1.54) is 19.1 Å². The first-order valence-electron chi connectivity index (χ1n) is 7.52. The molecule has 1 atom stereocenters. The van der Waals surface area contributed by atoms with Crippen LogP contribution in [0, 0.1) is 5.82 Å². The lowest BCUT2D eigenvalue weighted by Gasteiger charge is -2.21. The van der Waals surface area contributed by atoms with Crippen LogP contribution in [0.15, 0.2) is 46.9 Å². The van der Waals surface area contributed by atoms with Crippen molar-refractivity contribution in [1.82, 2.24) is 0 Å². The highest BCUT2D eigenvalue weighted by Gasteiger charge is 2.30. The molecule has 0 fully saturated rings. The lowest BCUT2D eigenvalue weighted by Crippen LogP contribution is -2.39. The van der Waals surface area contributed by atoms with E-state index in [2.05, 4.69) is 15.9 Å². The summed E-state index contributed by atoms with van der Waals surface area (Å²) in [6.45, 7) is 2.05. The van der Waals surface area contributed by atoms with Crippen LogP contribution in [0.4, 0.5) is 10.1 Å². The Morgan fingerprint density at radius 1 is 1.25 bits per heavy atom. The van der Waals surface area contributed by atoms with Crippen LogP contribution in [0.2, 0.25) is 0 Å². The lowest BCUT2D eigenvalue weighted by atomic mass is 10.2. The van der Waals surface area contributed by atoms with E-state index in [4.69, 9.17) is 4.74 Å². The molecule has 4 nitrogen and oxygen atoms in total. The second-order valence-electron chi connectivity index (χ2n) is 5.54. The van der Waals surface area contributed by atoms with Crippen LogP contribution < -0.4 is 4.90 Å². The number of anilines is 1. The Bertz CT molecular complexity index is 809. The molecule has 1 aliphatic rings. The van der Waals surface area contributed by atoms with Gasteiger partial charge >= 0.3 is 5.97 Å². The first-order chi connectivity index (χ1) is 11.5. The maximum atomic E-state index is 13.8. The molecular weight excluding hydrogens is 377 g/mol. The largest absolute Gasteiger partial charge is 0.449 e. The van der Waals surface area contributed by atoms with Crippen molar-refractivity contribution in [2.45, 2.75) is 19.4 Å². The van der Waals surface area contributed by atoms with Crippen molar-refractivity contribution in [3.05, 3.63) is 63.9 Å². The van der Waals surface area contributed by atoms with E-state index in [-0.39, 0.29) is 11.5 Å². The van der Waals surface area contributed by atoms with Gasteiger partial charge in [-0.3, -0.25) is 4.79 Å². The molecule has 0 unspecified atom stereocenters. The van der Waals surface area contributed by atoms with Crippen molar-refractivity contribution in [3.8, 4) is 0 Å². The highest BCUT2D eigenvalue weighted by Crippen LogP contribution is 2.28. The van der Waals surface area contributed by atoms with Crippen molar-refractivity contribution in [2.24, 2.45) is 0 Å². The van der Waals surface area contributed by atoms with Gasteiger partial charge in [-0.1, -0.05) is 34.1 Å². The molecule has 0 saturated carbocycles. The number of benzene rings is 2. The Kier molecular flexibility index (Phi) is 4.66. The molecule has 1 amide bonds. The van der Waals surface area contributed by atoms with Crippen LogP contribution in [0.5, 0.6) is 0 Å². The normalized spacial score (nSPS) is 14.2. The third-order valence-electron chi connectivity index (χ3n) is 3.94. The molecule has 0 aliphatic carbocycles. The number of ether oxygens (including phenoxy) is 1. The van der Waals surface area contributed by atoms with Gasteiger partial charge in [-0.2, -0.15) is 0 Å². The third kappa shape index (κ3) is 3.19. The summed E-state index contributed by atoms with van der Waals surface area (Å²) in [5, 5.41) is 0. The van der Waals surface area contributed by atoms with Crippen LogP contribution >= 0.6 is 15.9 Å². The van der Waals surface area contributed by atoms with E-state index in [9.17, 15) is 14.0 Å². The zero-order chi connectivity index (χ0) is 17.3. The first-order valence-corrected chi connectivity index (χ1v) is 8.32. The standard InChI is InChI=1S/C18H15BrFNO3/c1-11(24-18(23)14-7-6-13(19)10-15(14)20)17(22)21-9-8-12-4-2-3-5-16(12)21/h2-7,10-11H,8-9H2,1H3/t11-/m0/s1. The number of esters is 1. The van der Waals surface area contributed by atoms with E-state index < -0.39 is 17.9 Å². The summed E-state index contributed by atoms with van der Waals surface area (Å²) in [4.78, 5) is 26.3. The fourth-order valence-corrected chi connectivity index (χ4v) is 3.05. The van der Waals surface area contributed by atoms with Crippen molar-refractivity contribution in [2.75, 3.05) is 11.4 Å². The Labute approximate surface area is 147 Å². The maximum absolute atomic E-state index is 13.8. The fraction of sp³-hybridized carbons (Fsp3) is 0.222. The molecule has 6 heteroatoms. The van der Waals surface area contributed by atoms with Crippen LogP contribution in [0.25, 0.3) is 0 Å². The Hall–Kier alpha value is -2.21. The van der Waals surface area contributed by atoms with Gasteiger partial charge < -0.3 is 9.64 Å². The van der Waals surface area contributed by atoms with E-state index >= 15 is 0 Å². The topological polar surface area (TPSA) is 46.6 Å². The molecule has 0 saturated heterocycles. The van der Waals surface area contributed by atoms with Crippen LogP contribution in [-0.2, 0) is 16.0 Å². The van der Waals surface area contributed by atoms with Crippen molar-refractivity contribution < 1.29 is 18.7 Å². The number of halogens is 2. The minimum Gasteiger partial charge on any atom is -0.449 e. The van der Waals surface area contributed by atoms with Gasteiger partial charge in [0.15, 0.2) is 6.10 Å². The Balaban J connectivity index is 1.72. The molecule has 0 aromatic heterocycles. The van der Waals surface area contributed by atoms with Gasteiger partial charge in [0.2, 0.25) is 0 Å². The number of hydrogen-bond acceptors (Lipinski definition) is 3. The van der Waals surface area contributed by atoms with Gasteiger partial charge in [-0.05, 0) is 43.2 Å². The number of nitrogens with zero attached hydrogens (tertiary/aromatic N) is 1. The van der Waals surface area contributed by atoms with Gasteiger partial charge in [-0.25, -0.2) is 9.18 Å². The van der Waals surface area contributed by atoms with Crippen LogP contribution in [0.1, 0.15) is 22.8 Å². The summed E-state index contributed by atoms with van der Waals surface area (Å²) in [6, 6.07) is 11.7. The average molecular weight is 392 g/mol. The predicted octanol–water partition coefficient (Wildman–Crippen LogP) is 3.72. The lowest BCUT2D eigenvalue weighted by molar-refractivity contribution is -0.126. The van der Waals surface area contributed by atoms with Crippen LogP contribution in [-0.4, -0.2) is 24.5 Å². The number of hydrogen-bond donors (Lipinski definition) is 0. The molecule has 2 aromatic rings. The number of rotatable bonds is 3. The Morgan fingerprint density at radius 2 is 2.00 bits per heavy atom. The highest BCUT2D eigenvalue weighted by molar-refractivity contribution is 9.10. The number of amides is 1. The van der Waals surface area contributed by atoms with Crippen LogP contribution in [0.3, 0.4) is 0 Å². The summed E-state index contributed by atoms with van der Waals surface area (Å²) in [6.07, 6.45) is -0.226.